The van der Waals surface area contributed by atoms with Gasteiger partial charge in [0.2, 0.25) is 0 Å². The van der Waals surface area contributed by atoms with Crippen LogP contribution in [0.2, 0.25) is 0 Å². The second-order valence-electron chi connectivity index (χ2n) is 4.20. The van der Waals surface area contributed by atoms with Crippen molar-refractivity contribution in [2.75, 3.05) is 0 Å². The number of nitrogens with one attached hydrogen (secondary N) is 1. The molecule has 0 aromatic heterocycles. The van der Waals surface area contributed by atoms with Crippen LogP contribution in [0.15, 0.2) is 42.5 Å². The van der Waals surface area contributed by atoms with E-state index < -0.39 is 16.6 Å². The first kappa shape index (κ1) is 14.4. The number of nitrogens with two attached hydrogens (primary N) is 1. The van der Waals surface area contributed by atoms with E-state index >= 15 is 0 Å². The summed E-state index contributed by atoms with van der Waals surface area (Å²) in [6.07, 6.45) is 0. The first-order valence-electron chi connectivity index (χ1n) is 5.98. The van der Waals surface area contributed by atoms with Crippen molar-refractivity contribution in [3.05, 3.63) is 69.5 Å². The standard InChI is InChI=1S/C14H12FN3O3/c15-10-5-3-7-12(13(10)14(16)17)21-8-9-4-1-2-6-11(9)18(19)20/h1-7H,8H2,(H3,16,17). The van der Waals surface area contributed by atoms with Crippen molar-refractivity contribution >= 4 is 11.5 Å². The number of para-hydroxylation sites is 1. The maximum atomic E-state index is 13.6. The van der Waals surface area contributed by atoms with Gasteiger partial charge in [0.15, 0.2) is 0 Å². The summed E-state index contributed by atoms with van der Waals surface area (Å²) in [6, 6.07) is 10.1. The predicted octanol–water partition coefficient (Wildman–Crippen LogP) is 2.60. The van der Waals surface area contributed by atoms with Gasteiger partial charge in [-0.3, -0.25) is 15.5 Å². The van der Waals surface area contributed by atoms with Gasteiger partial charge in [0.25, 0.3) is 5.69 Å². The second kappa shape index (κ2) is 6.00. The maximum absolute atomic E-state index is 13.6. The van der Waals surface area contributed by atoms with Gasteiger partial charge in [0, 0.05) is 6.07 Å². The van der Waals surface area contributed by atoms with Crippen LogP contribution >= 0.6 is 0 Å². The quantitative estimate of drug-likeness (QED) is 0.382. The molecule has 0 radical (unpaired) electrons. The SMILES string of the molecule is N=C(N)c1c(F)cccc1OCc1ccccc1[N+](=O)[O-]. The summed E-state index contributed by atoms with van der Waals surface area (Å²) in [7, 11) is 0. The molecule has 21 heavy (non-hydrogen) atoms. The summed E-state index contributed by atoms with van der Waals surface area (Å²) in [5.41, 5.74) is 5.42. The number of nitrogen functional groups attached to an aromatic ring is 1. The van der Waals surface area contributed by atoms with Crippen LogP contribution in [0.3, 0.4) is 0 Å². The first-order valence-corrected chi connectivity index (χ1v) is 5.98. The fourth-order valence-corrected chi connectivity index (χ4v) is 1.85. The molecule has 0 heterocycles. The lowest BCUT2D eigenvalue weighted by Gasteiger charge is -2.11. The monoisotopic (exact) mass is 289 g/mol. The van der Waals surface area contributed by atoms with Gasteiger partial charge in [-0.1, -0.05) is 18.2 Å². The molecule has 0 atom stereocenters. The Morgan fingerprint density at radius 2 is 2.00 bits per heavy atom. The highest BCUT2D eigenvalue weighted by Gasteiger charge is 2.16. The molecule has 0 saturated heterocycles. The molecular formula is C14H12FN3O3. The number of ether oxygens (including phenoxy) is 1. The van der Waals surface area contributed by atoms with Gasteiger partial charge < -0.3 is 10.5 Å². The molecule has 2 aromatic carbocycles. The molecule has 6 nitrogen and oxygen atoms in total. The summed E-state index contributed by atoms with van der Waals surface area (Å²) in [6.45, 7) is -0.124. The van der Waals surface area contributed by atoms with E-state index in [0.29, 0.717) is 5.56 Å². The van der Waals surface area contributed by atoms with Crippen LogP contribution in [-0.4, -0.2) is 10.8 Å². The minimum atomic E-state index is -0.678. The molecule has 0 aliphatic rings. The Morgan fingerprint density at radius 3 is 2.67 bits per heavy atom. The zero-order valence-corrected chi connectivity index (χ0v) is 10.9. The molecule has 2 rings (SSSR count). The number of benzene rings is 2. The molecule has 0 saturated carbocycles. The third-order valence-corrected chi connectivity index (χ3v) is 2.82. The van der Waals surface area contributed by atoms with Gasteiger partial charge >= 0.3 is 0 Å². The fraction of sp³-hybridized carbons (Fsp3) is 0.0714. The van der Waals surface area contributed by atoms with Crippen molar-refractivity contribution in [1.82, 2.24) is 0 Å². The number of nitro benzene ring substituents is 1. The number of rotatable bonds is 5. The van der Waals surface area contributed by atoms with E-state index in [1.807, 2.05) is 0 Å². The molecule has 0 unspecified atom stereocenters. The molecule has 0 aliphatic heterocycles. The van der Waals surface area contributed by atoms with Crippen LogP contribution in [0.25, 0.3) is 0 Å². The van der Waals surface area contributed by atoms with Crippen LogP contribution in [0.4, 0.5) is 10.1 Å². The molecular weight excluding hydrogens is 277 g/mol. The minimum Gasteiger partial charge on any atom is -0.488 e. The normalized spacial score (nSPS) is 10.1. The molecule has 7 heteroatoms. The zero-order valence-electron chi connectivity index (χ0n) is 10.9. The fourth-order valence-electron chi connectivity index (χ4n) is 1.85. The van der Waals surface area contributed by atoms with Crippen LogP contribution in [0, 0.1) is 21.3 Å². The van der Waals surface area contributed by atoms with Crippen molar-refractivity contribution in [1.29, 1.82) is 5.41 Å². The zero-order chi connectivity index (χ0) is 15.4. The number of hydrogen-bond donors (Lipinski definition) is 2. The lowest BCUT2D eigenvalue weighted by Crippen LogP contribution is -2.15. The van der Waals surface area contributed by atoms with Crippen molar-refractivity contribution < 1.29 is 14.1 Å². The van der Waals surface area contributed by atoms with Crippen molar-refractivity contribution in [3.8, 4) is 5.75 Å². The number of nitro groups is 1. The highest BCUT2D eigenvalue weighted by atomic mass is 19.1. The Bertz CT molecular complexity index is 704. The third-order valence-electron chi connectivity index (χ3n) is 2.82. The molecule has 108 valence electrons. The average Bonchev–Trinajstić information content (AvgIpc) is 2.44. The molecule has 2 aromatic rings. The van der Waals surface area contributed by atoms with Gasteiger partial charge in [-0.05, 0) is 18.2 Å². The summed E-state index contributed by atoms with van der Waals surface area (Å²) in [5, 5.41) is 18.3. The third kappa shape index (κ3) is 3.14. The number of halogens is 1. The van der Waals surface area contributed by atoms with E-state index in [1.54, 1.807) is 18.2 Å². The highest BCUT2D eigenvalue weighted by Crippen LogP contribution is 2.24. The Balaban J connectivity index is 2.28. The number of amidine groups is 1. The van der Waals surface area contributed by atoms with Crippen LogP contribution in [0.5, 0.6) is 5.75 Å². The lowest BCUT2D eigenvalue weighted by molar-refractivity contribution is -0.385. The molecule has 0 aliphatic carbocycles. The largest absolute Gasteiger partial charge is 0.488 e. The molecule has 0 bridgehead atoms. The van der Waals surface area contributed by atoms with E-state index in [0.717, 1.165) is 6.07 Å². The van der Waals surface area contributed by atoms with Gasteiger partial charge in [-0.2, -0.15) is 0 Å². The maximum Gasteiger partial charge on any atom is 0.276 e. The van der Waals surface area contributed by atoms with Gasteiger partial charge in [-0.15, -0.1) is 0 Å². The predicted molar refractivity (Wildman–Crippen MR) is 74.8 cm³/mol. The lowest BCUT2D eigenvalue weighted by atomic mass is 10.1. The van der Waals surface area contributed by atoms with Crippen molar-refractivity contribution in [2.45, 2.75) is 6.61 Å². The number of nitrogens with zero attached hydrogens (tertiary/aromatic N) is 1. The van der Waals surface area contributed by atoms with Crippen molar-refractivity contribution in [3.63, 3.8) is 0 Å². The Morgan fingerprint density at radius 1 is 1.29 bits per heavy atom. The van der Waals surface area contributed by atoms with Gasteiger partial charge in [-0.25, -0.2) is 4.39 Å². The molecule has 0 spiro atoms. The highest BCUT2D eigenvalue weighted by molar-refractivity contribution is 5.97. The van der Waals surface area contributed by atoms with E-state index in [2.05, 4.69) is 0 Å². The molecule has 0 fully saturated rings. The Hall–Kier alpha value is -2.96. The first-order chi connectivity index (χ1) is 10.0. The Kier molecular flexibility index (Phi) is 4.13. The average molecular weight is 289 g/mol. The van der Waals surface area contributed by atoms with Crippen LogP contribution in [0.1, 0.15) is 11.1 Å². The minimum absolute atomic E-state index is 0.0700. The summed E-state index contributed by atoms with van der Waals surface area (Å²) >= 11 is 0. The number of hydrogen-bond acceptors (Lipinski definition) is 4. The summed E-state index contributed by atoms with van der Waals surface area (Å²) < 4.78 is 19.0. The molecule has 0 amide bonds. The summed E-state index contributed by atoms with van der Waals surface area (Å²) in [5.74, 6) is -1.08. The smallest absolute Gasteiger partial charge is 0.276 e. The van der Waals surface area contributed by atoms with Gasteiger partial charge in [0.05, 0.1) is 16.1 Å². The van der Waals surface area contributed by atoms with Crippen LogP contribution < -0.4 is 10.5 Å². The summed E-state index contributed by atoms with van der Waals surface area (Å²) in [4.78, 5) is 10.4. The van der Waals surface area contributed by atoms with E-state index in [1.165, 1.54) is 18.2 Å². The van der Waals surface area contributed by atoms with Crippen LogP contribution in [-0.2, 0) is 6.61 Å². The van der Waals surface area contributed by atoms with Crippen molar-refractivity contribution in [2.24, 2.45) is 5.73 Å². The van der Waals surface area contributed by atoms with E-state index in [4.69, 9.17) is 15.9 Å². The van der Waals surface area contributed by atoms with Gasteiger partial charge in [0.1, 0.15) is 24.0 Å². The van der Waals surface area contributed by atoms with E-state index in [-0.39, 0.29) is 23.6 Å². The molecule has 3 N–H and O–H groups in total. The topological polar surface area (TPSA) is 102 Å². The Labute approximate surface area is 119 Å². The second-order valence-corrected chi connectivity index (χ2v) is 4.20. The van der Waals surface area contributed by atoms with E-state index in [9.17, 15) is 14.5 Å².